The second-order valence-corrected chi connectivity index (χ2v) is 4.47. The maximum absolute atomic E-state index is 10.9. The van der Waals surface area contributed by atoms with E-state index in [9.17, 15) is 14.9 Å². The summed E-state index contributed by atoms with van der Waals surface area (Å²) in [5.41, 5.74) is -0.0744. The number of nitro groups is 1. The number of halogens is 1. The molecule has 0 fully saturated rings. The highest BCUT2D eigenvalue weighted by Gasteiger charge is 2.20. The van der Waals surface area contributed by atoms with Crippen molar-refractivity contribution in [3.8, 4) is 5.88 Å². The van der Waals surface area contributed by atoms with Crippen molar-refractivity contribution in [1.29, 1.82) is 0 Å². The zero-order valence-corrected chi connectivity index (χ0v) is 11.3. The van der Waals surface area contributed by atoms with Crippen LogP contribution in [0.1, 0.15) is 15.9 Å². The number of benzene rings is 1. The molecule has 108 valence electrons. The molecule has 0 saturated heterocycles. The molecule has 0 atom stereocenters. The van der Waals surface area contributed by atoms with Crippen LogP contribution in [0.5, 0.6) is 5.88 Å². The van der Waals surface area contributed by atoms with Gasteiger partial charge in [0.1, 0.15) is 6.61 Å². The van der Waals surface area contributed by atoms with E-state index in [1.54, 1.807) is 24.3 Å². The predicted molar refractivity (Wildman–Crippen MR) is 73.6 cm³/mol. The van der Waals surface area contributed by atoms with Crippen molar-refractivity contribution in [2.24, 2.45) is 0 Å². The van der Waals surface area contributed by atoms with Crippen LogP contribution in [0, 0.1) is 10.1 Å². The third kappa shape index (κ3) is 3.67. The molecule has 1 heterocycles. The van der Waals surface area contributed by atoms with Gasteiger partial charge in [0, 0.05) is 17.3 Å². The number of carboxylic acids is 1. The molecule has 2 rings (SSSR count). The van der Waals surface area contributed by atoms with Crippen LogP contribution < -0.4 is 4.74 Å². The summed E-state index contributed by atoms with van der Waals surface area (Å²) in [5, 5.41) is 20.2. The van der Waals surface area contributed by atoms with E-state index in [4.69, 9.17) is 21.4 Å². The molecule has 0 spiro atoms. The Morgan fingerprint density at radius 2 is 2.19 bits per heavy atom. The fourth-order valence-corrected chi connectivity index (χ4v) is 1.79. The van der Waals surface area contributed by atoms with Gasteiger partial charge in [-0.25, -0.2) is 9.78 Å². The van der Waals surface area contributed by atoms with E-state index in [-0.39, 0.29) is 18.1 Å². The number of nitrogens with zero attached hydrogens (tertiary/aromatic N) is 2. The van der Waals surface area contributed by atoms with Crippen LogP contribution in [-0.2, 0) is 6.61 Å². The molecule has 2 aromatic rings. The van der Waals surface area contributed by atoms with Gasteiger partial charge in [-0.05, 0) is 17.7 Å². The van der Waals surface area contributed by atoms with Crippen molar-refractivity contribution in [1.82, 2.24) is 4.98 Å². The van der Waals surface area contributed by atoms with Crippen LogP contribution in [-0.4, -0.2) is 21.0 Å². The van der Waals surface area contributed by atoms with Crippen molar-refractivity contribution < 1.29 is 19.6 Å². The second kappa shape index (κ2) is 6.19. The number of aromatic carboxylic acids is 1. The van der Waals surface area contributed by atoms with E-state index < -0.39 is 16.6 Å². The fraction of sp³-hybridized carbons (Fsp3) is 0.0769. The molecule has 0 aliphatic carbocycles. The van der Waals surface area contributed by atoms with Crippen LogP contribution in [0.2, 0.25) is 5.02 Å². The summed E-state index contributed by atoms with van der Waals surface area (Å²) >= 11 is 5.82. The fourth-order valence-electron chi connectivity index (χ4n) is 1.58. The van der Waals surface area contributed by atoms with Crippen LogP contribution >= 0.6 is 11.6 Å². The Bertz CT molecular complexity index is 705. The molecule has 21 heavy (non-hydrogen) atoms. The third-order valence-corrected chi connectivity index (χ3v) is 2.78. The van der Waals surface area contributed by atoms with Crippen molar-refractivity contribution in [3.05, 3.63) is 62.8 Å². The van der Waals surface area contributed by atoms with E-state index in [1.807, 2.05) is 0 Å². The molecule has 0 radical (unpaired) electrons. The molecule has 1 aromatic heterocycles. The Hall–Kier alpha value is -2.67. The Morgan fingerprint density at radius 3 is 2.81 bits per heavy atom. The molecule has 0 amide bonds. The summed E-state index contributed by atoms with van der Waals surface area (Å²) < 4.78 is 5.27. The average molecular weight is 309 g/mol. The van der Waals surface area contributed by atoms with Crippen LogP contribution in [0.3, 0.4) is 0 Å². The predicted octanol–water partition coefficient (Wildman–Crippen LogP) is 2.92. The van der Waals surface area contributed by atoms with Gasteiger partial charge in [0.2, 0.25) is 0 Å². The molecule has 0 aliphatic heterocycles. The van der Waals surface area contributed by atoms with Gasteiger partial charge >= 0.3 is 11.7 Å². The van der Waals surface area contributed by atoms with E-state index in [1.165, 1.54) is 0 Å². The normalized spacial score (nSPS) is 10.1. The summed E-state index contributed by atoms with van der Waals surface area (Å²) in [4.78, 5) is 24.7. The number of aromatic nitrogens is 1. The van der Waals surface area contributed by atoms with Gasteiger partial charge in [0.15, 0.2) is 0 Å². The summed E-state index contributed by atoms with van der Waals surface area (Å²) in [7, 11) is 0. The van der Waals surface area contributed by atoms with Gasteiger partial charge < -0.3 is 9.84 Å². The standard InChI is InChI=1S/C13H9ClN2O5/c14-10-3-1-2-8(4-10)7-21-12-11(16(19)20)5-9(6-15-12)13(17)18/h1-6H,7H2,(H,17,18). The zero-order chi connectivity index (χ0) is 15.4. The number of ether oxygens (including phenoxy) is 1. The molecule has 0 unspecified atom stereocenters. The molecular formula is C13H9ClN2O5. The van der Waals surface area contributed by atoms with Crippen LogP contribution in [0.4, 0.5) is 5.69 Å². The topological polar surface area (TPSA) is 103 Å². The molecule has 0 saturated carbocycles. The van der Waals surface area contributed by atoms with Gasteiger partial charge in [-0.3, -0.25) is 10.1 Å². The lowest BCUT2D eigenvalue weighted by Gasteiger charge is -2.06. The molecule has 8 heteroatoms. The average Bonchev–Trinajstić information content (AvgIpc) is 2.44. The van der Waals surface area contributed by atoms with Crippen molar-refractivity contribution in [3.63, 3.8) is 0 Å². The summed E-state index contributed by atoms with van der Waals surface area (Å²) in [5.74, 6) is -1.54. The largest absolute Gasteiger partial charge is 0.478 e. The van der Waals surface area contributed by atoms with Crippen molar-refractivity contribution in [2.45, 2.75) is 6.61 Å². The van der Waals surface area contributed by atoms with Gasteiger partial charge in [-0.15, -0.1) is 0 Å². The molecule has 7 nitrogen and oxygen atoms in total. The van der Waals surface area contributed by atoms with Crippen molar-refractivity contribution in [2.75, 3.05) is 0 Å². The Morgan fingerprint density at radius 1 is 1.43 bits per heavy atom. The Balaban J connectivity index is 2.23. The summed E-state index contributed by atoms with van der Waals surface area (Å²) in [6, 6.07) is 7.70. The lowest BCUT2D eigenvalue weighted by Crippen LogP contribution is -2.04. The first-order valence-electron chi connectivity index (χ1n) is 5.72. The Labute approximate surface area is 123 Å². The van der Waals surface area contributed by atoms with Gasteiger partial charge in [0.25, 0.3) is 5.88 Å². The number of carbonyl (C=O) groups is 1. The highest BCUT2D eigenvalue weighted by Crippen LogP contribution is 2.26. The van der Waals surface area contributed by atoms with E-state index in [0.717, 1.165) is 12.3 Å². The maximum Gasteiger partial charge on any atom is 0.337 e. The quantitative estimate of drug-likeness (QED) is 0.673. The molecule has 0 bridgehead atoms. The van der Waals surface area contributed by atoms with Crippen LogP contribution in [0.25, 0.3) is 0 Å². The minimum atomic E-state index is -1.30. The highest BCUT2D eigenvalue weighted by molar-refractivity contribution is 6.30. The van der Waals surface area contributed by atoms with Gasteiger partial charge in [0.05, 0.1) is 10.5 Å². The highest BCUT2D eigenvalue weighted by atomic mass is 35.5. The van der Waals surface area contributed by atoms with E-state index in [2.05, 4.69) is 4.98 Å². The van der Waals surface area contributed by atoms with E-state index >= 15 is 0 Å². The third-order valence-electron chi connectivity index (χ3n) is 2.54. The lowest BCUT2D eigenvalue weighted by molar-refractivity contribution is -0.386. The first-order chi connectivity index (χ1) is 9.97. The smallest absolute Gasteiger partial charge is 0.337 e. The number of rotatable bonds is 5. The number of carboxylic acid groups (broad SMARTS) is 1. The van der Waals surface area contributed by atoms with Crippen LogP contribution in [0.15, 0.2) is 36.5 Å². The minimum Gasteiger partial charge on any atom is -0.478 e. The van der Waals surface area contributed by atoms with E-state index in [0.29, 0.717) is 10.6 Å². The summed E-state index contributed by atoms with van der Waals surface area (Å²) in [6.07, 6.45) is 1.00. The lowest BCUT2D eigenvalue weighted by atomic mass is 10.2. The first-order valence-corrected chi connectivity index (χ1v) is 6.10. The monoisotopic (exact) mass is 308 g/mol. The van der Waals surface area contributed by atoms with Crippen molar-refractivity contribution >= 4 is 23.3 Å². The maximum atomic E-state index is 10.9. The zero-order valence-electron chi connectivity index (χ0n) is 10.5. The van der Waals surface area contributed by atoms with Gasteiger partial charge in [-0.1, -0.05) is 23.7 Å². The van der Waals surface area contributed by atoms with Gasteiger partial charge in [-0.2, -0.15) is 0 Å². The molecular weight excluding hydrogens is 300 g/mol. The molecule has 0 aliphatic rings. The number of pyridine rings is 1. The summed E-state index contributed by atoms with van der Waals surface area (Å²) in [6.45, 7) is 0.0286. The molecule has 1 aromatic carbocycles. The first kappa shape index (κ1) is 14.7. The number of hydrogen-bond donors (Lipinski definition) is 1. The minimum absolute atomic E-state index is 0.0286. The second-order valence-electron chi connectivity index (χ2n) is 4.03. The molecule has 1 N–H and O–H groups in total. The Kier molecular flexibility index (Phi) is 4.34. The number of hydrogen-bond acceptors (Lipinski definition) is 5. The SMILES string of the molecule is O=C(O)c1cnc(OCc2cccc(Cl)c2)c([N+](=O)[O-])c1.